The number of amides is 1. The standard InChI is InChI=1S/C25H21N5O2/c26-14-17-1-3-18(4-2-17)22-15-28-24-8-6-20(16-30(22)24)19-5-7-21(23(31)13-19)25(32)29-11-9-27-10-12-29/h1-8,13,15-16,27,31H,9-12H2. The van der Waals surface area contributed by atoms with Gasteiger partial charge in [-0.2, -0.15) is 5.26 Å². The molecule has 3 heterocycles. The first-order valence-corrected chi connectivity index (χ1v) is 10.4. The minimum Gasteiger partial charge on any atom is -0.507 e. The van der Waals surface area contributed by atoms with Gasteiger partial charge in [-0.3, -0.25) is 9.20 Å². The van der Waals surface area contributed by atoms with Gasteiger partial charge in [0.25, 0.3) is 5.91 Å². The van der Waals surface area contributed by atoms with Gasteiger partial charge in [-0.25, -0.2) is 4.98 Å². The minimum absolute atomic E-state index is 0.0240. The molecule has 32 heavy (non-hydrogen) atoms. The number of aromatic hydroxyl groups is 1. The van der Waals surface area contributed by atoms with E-state index in [2.05, 4.69) is 16.4 Å². The third kappa shape index (κ3) is 3.57. The van der Waals surface area contributed by atoms with E-state index in [0.717, 1.165) is 41.1 Å². The summed E-state index contributed by atoms with van der Waals surface area (Å²) in [4.78, 5) is 19.0. The largest absolute Gasteiger partial charge is 0.507 e. The molecule has 0 saturated carbocycles. The summed E-state index contributed by atoms with van der Waals surface area (Å²) in [6.45, 7) is 2.79. The second kappa shape index (κ2) is 8.17. The van der Waals surface area contributed by atoms with Gasteiger partial charge in [-0.15, -0.1) is 0 Å². The minimum atomic E-state index is -0.149. The predicted octanol–water partition coefficient (Wildman–Crippen LogP) is 3.29. The van der Waals surface area contributed by atoms with Crippen molar-refractivity contribution in [3.05, 3.63) is 78.1 Å². The van der Waals surface area contributed by atoms with Crippen molar-refractivity contribution in [2.45, 2.75) is 0 Å². The van der Waals surface area contributed by atoms with Crippen LogP contribution in [0.5, 0.6) is 5.75 Å². The van der Waals surface area contributed by atoms with Gasteiger partial charge < -0.3 is 15.3 Å². The molecule has 158 valence electrons. The number of hydrogen-bond donors (Lipinski definition) is 2. The van der Waals surface area contributed by atoms with Gasteiger partial charge in [-0.1, -0.05) is 18.2 Å². The van der Waals surface area contributed by atoms with Gasteiger partial charge >= 0.3 is 0 Å². The molecule has 4 aromatic rings. The number of nitrogens with one attached hydrogen (secondary N) is 1. The van der Waals surface area contributed by atoms with Crippen LogP contribution in [0.15, 0.2) is 67.0 Å². The molecule has 0 bridgehead atoms. The SMILES string of the molecule is N#Cc1ccc(-c2cnc3ccc(-c4ccc(C(=O)N5CCNCC5)c(O)c4)cn23)cc1. The summed E-state index contributed by atoms with van der Waals surface area (Å²) in [5.41, 5.74) is 5.27. The monoisotopic (exact) mass is 423 g/mol. The number of imidazole rings is 1. The molecule has 0 unspecified atom stereocenters. The summed E-state index contributed by atoms with van der Waals surface area (Å²) >= 11 is 0. The third-order valence-electron chi connectivity index (χ3n) is 5.78. The zero-order valence-electron chi connectivity index (χ0n) is 17.3. The highest BCUT2D eigenvalue weighted by Gasteiger charge is 2.21. The second-order valence-electron chi connectivity index (χ2n) is 7.75. The van der Waals surface area contributed by atoms with Crippen LogP contribution in [0.25, 0.3) is 28.0 Å². The number of phenolic OH excluding ortho intramolecular Hbond substituents is 1. The van der Waals surface area contributed by atoms with Gasteiger partial charge in [0.05, 0.1) is 29.1 Å². The number of pyridine rings is 1. The maximum absolute atomic E-state index is 12.8. The van der Waals surface area contributed by atoms with E-state index < -0.39 is 0 Å². The Morgan fingerprint density at radius 1 is 1.00 bits per heavy atom. The van der Waals surface area contributed by atoms with Crippen LogP contribution in [0.2, 0.25) is 0 Å². The molecule has 1 fully saturated rings. The molecule has 0 atom stereocenters. The van der Waals surface area contributed by atoms with Crippen molar-refractivity contribution < 1.29 is 9.90 Å². The van der Waals surface area contributed by atoms with Crippen LogP contribution in [0, 0.1) is 11.3 Å². The lowest BCUT2D eigenvalue weighted by atomic mass is 10.0. The fraction of sp³-hybridized carbons (Fsp3) is 0.160. The number of benzene rings is 2. The van der Waals surface area contributed by atoms with Crippen molar-refractivity contribution in [1.82, 2.24) is 19.6 Å². The maximum atomic E-state index is 12.8. The van der Waals surface area contributed by atoms with E-state index in [9.17, 15) is 9.90 Å². The Hall–Kier alpha value is -4.15. The van der Waals surface area contributed by atoms with E-state index in [1.165, 1.54) is 0 Å². The number of nitriles is 1. The van der Waals surface area contributed by atoms with E-state index in [-0.39, 0.29) is 11.7 Å². The number of piperazine rings is 1. The average molecular weight is 423 g/mol. The topological polar surface area (TPSA) is 93.7 Å². The lowest BCUT2D eigenvalue weighted by molar-refractivity contribution is 0.0733. The Morgan fingerprint density at radius 3 is 2.44 bits per heavy atom. The fourth-order valence-corrected chi connectivity index (χ4v) is 4.01. The highest BCUT2D eigenvalue weighted by molar-refractivity contribution is 5.97. The lowest BCUT2D eigenvalue weighted by Gasteiger charge is -2.27. The number of phenols is 1. The maximum Gasteiger partial charge on any atom is 0.257 e. The summed E-state index contributed by atoms with van der Waals surface area (Å²) in [6.07, 6.45) is 3.76. The van der Waals surface area contributed by atoms with E-state index >= 15 is 0 Å². The van der Waals surface area contributed by atoms with Crippen LogP contribution in [-0.2, 0) is 0 Å². The zero-order valence-corrected chi connectivity index (χ0v) is 17.3. The van der Waals surface area contributed by atoms with Crippen molar-refractivity contribution in [2.75, 3.05) is 26.2 Å². The summed E-state index contributed by atoms with van der Waals surface area (Å²) in [6, 6.07) is 18.5. The number of aromatic nitrogens is 2. The third-order valence-corrected chi connectivity index (χ3v) is 5.78. The van der Waals surface area contributed by atoms with Crippen molar-refractivity contribution in [3.8, 4) is 34.2 Å². The smallest absolute Gasteiger partial charge is 0.257 e. The van der Waals surface area contributed by atoms with Crippen molar-refractivity contribution in [1.29, 1.82) is 5.26 Å². The molecule has 0 aliphatic carbocycles. The van der Waals surface area contributed by atoms with Crippen LogP contribution in [-0.4, -0.2) is 51.5 Å². The Labute approximate surface area is 185 Å². The van der Waals surface area contributed by atoms with E-state index in [1.807, 2.05) is 40.9 Å². The van der Waals surface area contributed by atoms with Crippen LogP contribution < -0.4 is 5.32 Å². The zero-order chi connectivity index (χ0) is 22.1. The highest BCUT2D eigenvalue weighted by Crippen LogP contribution is 2.29. The number of carbonyl (C=O) groups excluding carboxylic acids is 1. The molecule has 0 spiro atoms. The number of carbonyl (C=O) groups is 1. The van der Waals surface area contributed by atoms with E-state index in [1.54, 1.807) is 35.4 Å². The Balaban J connectivity index is 1.48. The normalized spacial score (nSPS) is 13.8. The second-order valence-corrected chi connectivity index (χ2v) is 7.75. The lowest BCUT2D eigenvalue weighted by Crippen LogP contribution is -2.46. The highest BCUT2D eigenvalue weighted by atomic mass is 16.3. The number of rotatable bonds is 3. The molecule has 5 rings (SSSR count). The van der Waals surface area contributed by atoms with E-state index in [4.69, 9.17) is 5.26 Å². The molecule has 7 heteroatoms. The van der Waals surface area contributed by atoms with E-state index in [0.29, 0.717) is 24.2 Å². The Kier molecular flexibility index (Phi) is 5.06. The first kappa shape index (κ1) is 19.8. The van der Waals surface area contributed by atoms with Crippen molar-refractivity contribution in [2.24, 2.45) is 0 Å². The van der Waals surface area contributed by atoms with Crippen LogP contribution in [0.4, 0.5) is 0 Å². The van der Waals surface area contributed by atoms with Crippen LogP contribution >= 0.6 is 0 Å². The summed E-state index contributed by atoms with van der Waals surface area (Å²) < 4.78 is 1.98. The molecule has 1 aliphatic rings. The Bertz CT molecular complexity index is 1350. The first-order valence-electron chi connectivity index (χ1n) is 10.4. The fourth-order valence-electron chi connectivity index (χ4n) is 4.01. The van der Waals surface area contributed by atoms with Gasteiger partial charge in [0, 0.05) is 37.9 Å². The molecule has 2 aromatic heterocycles. The number of fused-ring (bicyclic) bond motifs is 1. The number of nitrogens with zero attached hydrogens (tertiary/aromatic N) is 4. The molecular weight excluding hydrogens is 402 g/mol. The van der Waals surface area contributed by atoms with Gasteiger partial charge in [0.15, 0.2) is 0 Å². The predicted molar refractivity (Wildman–Crippen MR) is 121 cm³/mol. The van der Waals surface area contributed by atoms with Crippen LogP contribution in [0.1, 0.15) is 15.9 Å². The quantitative estimate of drug-likeness (QED) is 0.527. The molecule has 1 aliphatic heterocycles. The van der Waals surface area contributed by atoms with Gasteiger partial charge in [0.1, 0.15) is 11.4 Å². The van der Waals surface area contributed by atoms with Crippen molar-refractivity contribution in [3.63, 3.8) is 0 Å². The molecule has 0 radical (unpaired) electrons. The van der Waals surface area contributed by atoms with Gasteiger partial charge in [0.2, 0.25) is 0 Å². The summed E-state index contributed by atoms with van der Waals surface area (Å²) in [7, 11) is 0. The Morgan fingerprint density at radius 2 is 1.72 bits per heavy atom. The average Bonchev–Trinajstić information content (AvgIpc) is 3.27. The van der Waals surface area contributed by atoms with Crippen molar-refractivity contribution >= 4 is 11.6 Å². The van der Waals surface area contributed by atoms with Gasteiger partial charge in [-0.05, 0) is 47.5 Å². The molecule has 2 aromatic carbocycles. The molecule has 7 nitrogen and oxygen atoms in total. The summed E-state index contributed by atoms with van der Waals surface area (Å²) in [5.74, 6) is -0.173. The molecule has 1 saturated heterocycles. The van der Waals surface area contributed by atoms with Crippen LogP contribution in [0.3, 0.4) is 0 Å². The first-order chi connectivity index (χ1) is 15.6. The summed E-state index contributed by atoms with van der Waals surface area (Å²) in [5, 5.41) is 22.9. The molecule has 2 N–H and O–H groups in total. The molecule has 1 amide bonds. The molecular formula is C25H21N5O2. The number of hydrogen-bond acceptors (Lipinski definition) is 5.